The molecule has 22 heavy (non-hydrogen) atoms. The Morgan fingerprint density at radius 3 is 1.45 bits per heavy atom. The Bertz CT molecular complexity index is 752. The Kier molecular flexibility index (Phi) is 3.45. The Balaban J connectivity index is 2.26. The van der Waals surface area contributed by atoms with E-state index in [1.165, 1.54) is 0 Å². The molecule has 4 nitrogen and oxygen atoms in total. The van der Waals surface area contributed by atoms with Crippen LogP contribution in [0.5, 0.6) is 0 Å². The number of rotatable bonds is 3. The molecular weight excluding hydrogens is 274 g/mol. The number of aryl methyl sites for hydroxylation is 4. The third-order valence-corrected chi connectivity index (χ3v) is 3.96. The number of pyridine rings is 1. The summed E-state index contributed by atoms with van der Waals surface area (Å²) in [4.78, 5) is 16.1. The summed E-state index contributed by atoms with van der Waals surface area (Å²) in [6.45, 7) is 8.14. The number of aromatic nitrogens is 3. The lowest BCUT2D eigenvalue weighted by Gasteiger charge is -2.14. The fourth-order valence-corrected chi connectivity index (χ4v) is 2.88. The zero-order valence-electron chi connectivity index (χ0n) is 13.3. The van der Waals surface area contributed by atoms with E-state index in [2.05, 4.69) is 33.4 Å². The van der Waals surface area contributed by atoms with Gasteiger partial charge in [-0.1, -0.05) is 0 Å². The lowest BCUT2D eigenvalue weighted by atomic mass is 10.2. The first-order chi connectivity index (χ1) is 10.5. The molecule has 0 N–H and O–H groups in total. The third-order valence-electron chi connectivity index (χ3n) is 3.96. The zero-order valence-corrected chi connectivity index (χ0v) is 13.3. The molecule has 0 aliphatic carbocycles. The van der Waals surface area contributed by atoms with Gasteiger partial charge >= 0.3 is 0 Å². The number of hydrogen-bond donors (Lipinski definition) is 0. The standard InChI is InChI=1S/C18H19N3O/c1-12-5-6-13(2)20(12)17-9-16(11-22)10-18(19-17)21-14(3)7-8-15(21)4/h5-11H,1-4H3. The van der Waals surface area contributed by atoms with Crippen molar-refractivity contribution >= 4 is 6.29 Å². The fraction of sp³-hybridized carbons (Fsp3) is 0.222. The average molecular weight is 293 g/mol. The van der Waals surface area contributed by atoms with E-state index in [-0.39, 0.29) is 0 Å². The van der Waals surface area contributed by atoms with Crippen molar-refractivity contribution in [2.24, 2.45) is 0 Å². The van der Waals surface area contributed by atoms with E-state index in [0.717, 1.165) is 40.7 Å². The summed E-state index contributed by atoms with van der Waals surface area (Å²) in [5.74, 6) is 1.54. The van der Waals surface area contributed by atoms with Crippen molar-refractivity contribution in [3.8, 4) is 11.6 Å². The molecule has 0 amide bonds. The predicted molar refractivity (Wildman–Crippen MR) is 87.2 cm³/mol. The summed E-state index contributed by atoms with van der Waals surface area (Å²) in [6, 6.07) is 11.9. The summed E-state index contributed by atoms with van der Waals surface area (Å²) in [5.41, 5.74) is 5.01. The van der Waals surface area contributed by atoms with Crippen molar-refractivity contribution in [2.75, 3.05) is 0 Å². The topological polar surface area (TPSA) is 39.8 Å². The van der Waals surface area contributed by atoms with Crippen LogP contribution < -0.4 is 0 Å². The van der Waals surface area contributed by atoms with Gasteiger partial charge in [0, 0.05) is 28.3 Å². The van der Waals surface area contributed by atoms with E-state index >= 15 is 0 Å². The largest absolute Gasteiger partial charge is 0.303 e. The molecule has 0 aliphatic heterocycles. The fourth-order valence-electron chi connectivity index (χ4n) is 2.88. The maximum atomic E-state index is 11.3. The first kappa shape index (κ1) is 14.3. The minimum atomic E-state index is 0.625. The van der Waals surface area contributed by atoms with E-state index in [4.69, 9.17) is 4.98 Å². The van der Waals surface area contributed by atoms with Gasteiger partial charge < -0.3 is 9.13 Å². The van der Waals surface area contributed by atoms with Crippen molar-refractivity contribution < 1.29 is 4.79 Å². The van der Waals surface area contributed by atoms with E-state index in [1.807, 2.05) is 39.8 Å². The Labute approximate surface area is 130 Å². The molecule has 0 saturated heterocycles. The second kappa shape index (κ2) is 5.30. The van der Waals surface area contributed by atoms with Crippen molar-refractivity contribution in [1.29, 1.82) is 0 Å². The molecule has 3 aromatic rings. The van der Waals surface area contributed by atoms with Gasteiger partial charge in [-0.15, -0.1) is 0 Å². The summed E-state index contributed by atoms with van der Waals surface area (Å²) >= 11 is 0. The maximum absolute atomic E-state index is 11.3. The quantitative estimate of drug-likeness (QED) is 0.691. The van der Waals surface area contributed by atoms with Crippen LogP contribution in [0.25, 0.3) is 11.6 Å². The van der Waals surface area contributed by atoms with E-state index in [9.17, 15) is 4.79 Å². The van der Waals surface area contributed by atoms with Gasteiger partial charge in [-0.3, -0.25) is 4.79 Å². The number of nitrogens with zero attached hydrogens (tertiary/aromatic N) is 3. The van der Waals surface area contributed by atoms with Gasteiger partial charge in [0.25, 0.3) is 0 Å². The smallest absolute Gasteiger partial charge is 0.150 e. The molecule has 0 atom stereocenters. The minimum absolute atomic E-state index is 0.625. The van der Waals surface area contributed by atoms with E-state index < -0.39 is 0 Å². The van der Waals surface area contributed by atoms with Crippen LogP contribution in [-0.2, 0) is 0 Å². The molecule has 0 bridgehead atoms. The third kappa shape index (κ3) is 2.26. The van der Waals surface area contributed by atoms with Crippen molar-refractivity contribution in [3.63, 3.8) is 0 Å². The van der Waals surface area contributed by atoms with Crippen molar-refractivity contribution in [1.82, 2.24) is 14.1 Å². The number of aldehydes is 1. The normalized spacial score (nSPS) is 10.9. The molecular formula is C18H19N3O. The van der Waals surface area contributed by atoms with Gasteiger partial charge in [-0.2, -0.15) is 0 Å². The second-order valence-corrected chi connectivity index (χ2v) is 5.64. The summed E-state index contributed by atoms with van der Waals surface area (Å²) in [7, 11) is 0. The molecule has 0 radical (unpaired) electrons. The van der Waals surface area contributed by atoms with Gasteiger partial charge in [0.1, 0.15) is 17.9 Å². The van der Waals surface area contributed by atoms with Crippen LogP contribution in [0.3, 0.4) is 0 Å². The molecule has 0 aromatic carbocycles. The van der Waals surface area contributed by atoms with Gasteiger partial charge in [-0.25, -0.2) is 4.98 Å². The van der Waals surface area contributed by atoms with Crippen LogP contribution >= 0.6 is 0 Å². The average Bonchev–Trinajstić information content (AvgIpc) is 3.00. The van der Waals surface area contributed by atoms with Crippen LogP contribution in [0.1, 0.15) is 33.1 Å². The molecule has 3 aromatic heterocycles. The van der Waals surface area contributed by atoms with Crippen LogP contribution in [0.15, 0.2) is 36.4 Å². The zero-order chi connectivity index (χ0) is 15.9. The lowest BCUT2D eigenvalue weighted by molar-refractivity contribution is 0.112. The van der Waals surface area contributed by atoms with Gasteiger partial charge in [0.2, 0.25) is 0 Å². The Morgan fingerprint density at radius 1 is 0.773 bits per heavy atom. The second-order valence-electron chi connectivity index (χ2n) is 5.64. The molecule has 3 heterocycles. The number of carbonyl (C=O) groups is 1. The molecule has 0 saturated carbocycles. The molecule has 3 rings (SSSR count). The highest BCUT2D eigenvalue weighted by Gasteiger charge is 2.11. The van der Waals surface area contributed by atoms with Crippen molar-refractivity contribution in [2.45, 2.75) is 27.7 Å². The maximum Gasteiger partial charge on any atom is 0.150 e. The van der Waals surface area contributed by atoms with Crippen LogP contribution in [-0.4, -0.2) is 20.4 Å². The highest BCUT2D eigenvalue weighted by Crippen LogP contribution is 2.20. The number of hydrogen-bond acceptors (Lipinski definition) is 2. The molecule has 112 valence electrons. The molecule has 0 fully saturated rings. The van der Waals surface area contributed by atoms with Crippen LogP contribution in [0.2, 0.25) is 0 Å². The molecule has 0 unspecified atom stereocenters. The van der Waals surface area contributed by atoms with E-state index in [1.54, 1.807) is 0 Å². The van der Waals surface area contributed by atoms with Gasteiger partial charge in [-0.05, 0) is 64.1 Å². The Morgan fingerprint density at radius 2 is 1.14 bits per heavy atom. The first-order valence-corrected chi connectivity index (χ1v) is 7.29. The SMILES string of the molecule is Cc1ccc(C)n1-c1cc(C=O)cc(-n2c(C)ccc2C)n1. The summed E-state index contributed by atoms with van der Waals surface area (Å²) in [5, 5.41) is 0. The molecule has 0 spiro atoms. The highest BCUT2D eigenvalue weighted by atomic mass is 16.1. The predicted octanol–water partition coefficient (Wildman–Crippen LogP) is 3.71. The van der Waals surface area contributed by atoms with Gasteiger partial charge in [0.15, 0.2) is 0 Å². The minimum Gasteiger partial charge on any atom is -0.303 e. The van der Waals surface area contributed by atoms with E-state index in [0.29, 0.717) is 5.56 Å². The van der Waals surface area contributed by atoms with Crippen LogP contribution in [0, 0.1) is 27.7 Å². The molecule has 0 aliphatic rings. The van der Waals surface area contributed by atoms with Crippen molar-refractivity contribution in [3.05, 3.63) is 64.7 Å². The Hall–Kier alpha value is -2.62. The summed E-state index contributed by atoms with van der Waals surface area (Å²) < 4.78 is 4.12. The monoisotopic (exact) mass is 293 g/mol. The first-order valence-electron chi connectivity index (χ1n) is 7.29. The summed E-state index contributed by atoms with van der Waals surface area (Å²) in [6.07, 6.45) is 0.872. The molecule has 4 heteroatoms. The number of carbonyl (C=O) groups excluding carboxylic acids is 1. The highest BCUT2D eigenvalue weighted by molar-refractivity contribution is 5.76. The van der Waals surface area contributed by atoms with Gasteiger partial charge in [0.05, 0.1) is 0 Å². The lowest BCUT2D eigenvalue weighted by Crippen LogP contribution is -2.08. The van der Waals surface area contributed by atoms with Crippen LogP contribution in [0.4, 0.5) is 0 Å².